The summed E-state index contributed by atoms with van der Waals surface area (Å²) < 4.78 is 1.51. The number of carboxylic acid groups (broad SMARTS) is 1. The summed E-state index contributed by atoms with van der Waals surface area (Å²) in [5, 5.41) is 12.3. The number of hydrogen-bond donors (Lipinski definition) is 1. The van der Waals surface area contributed by atoms with E-state index in [0.29, 0.717) is 0 Å². The van der Waals surface area contributed by atoms with Crippen LogP contribution in [0.25, 0.3) is 0 Å². The maximum Gasteiger partial charge on any atom is 0.332 e. The van der Waals surface area contributed by atoms with Crippen LogP contribution in [0.3, 0.4) is 0 Å². The highest BCUT2D eigenvalue weighted by Gasteiger charge is 2.03. The Morgan fingerprint density at radius 2 is 2.45 bits per heavy atom. The number of rotatable bonds is 3. The van der Waals surface area contributed by atoms with Gasteiger partial charge in [0.25, 0.3) is 0 Å². The fourth-order valence-corrected chi connectivity index (χ4v) is 0.657. The molecular weight excluding hydrogens is 144 g/mol. The molecule has 0 saturated heterocycles. The van der Waals surface area contributed by atoms with E-state index in [1.54, 1.807) is 18.5 Å². The van der Waals surface area contributed by atoms with Crippen LogP contribution in [0.2, 0.25) is 0 Å². The van der Waals surface area contributed by atoms with Crippen molar-refractivity contribution in [3.05, 3.63) is 30.6 Å². The molecule has 0 spiro atoms. The van der Waals surface area contributed by atoms with Crippen LogP contribution in [-0.2, 0) is 11.3 Å². The molecule has 0 aliphatic heterocycles. The normalized spacial score (nSPS) is 9.45. The van der Waals surface area contributed by atoms with E-state index in [4.69, 9.17) is 5.11 Å². The summed E-state index contributed by atoms with van der Waals surface area (Å²) in [6.45, 7) is 3.61. The van der Waals surface area contributed by atoms with Crippen LogP contribution in [0.15, 0.2) is 30.6 Å². The molecule has 1 aromatic heterocycles. The topological polar surface area (TPSA) is 55.1 Å². The van der Waals surface area contributed by atoms with Gasteiger partial charge in [-0.1, -0.05) is 6.58 Å². The van der Waals surface area contributed by atoms with Crippen molar-refractivity contribution in [2.75, 3.05) is 0 Å². The molecule has 0 saturated carbocycles. The highest BCUT2D eigenvalue weighted by Crippen LogP contribution is 1.94. The summed E-state index contributed by atoms with van der Waals surface area (Å²) in [5.41, 5.74) is 0.133. The van der Waals surface area contributed by atoms with Crippen LogP contribution in [0.5, 0.6) is 0 Å². The fourth-order valence-electron chi connectivity index (χ4n) is 0.657. The molecule has 1 rings (SSSR count). The van der Waals surface area contributed by atoms with E-state index in [9.17, 15) is 4.79 Å². The molecule has 1 N–H and O–H groups in total. The van der Waals surface area contributed by atoms with Gasteiger partial charge in [0.05, 0.1) is 12.1 Å². The minimum absolute atomic E-state index is 0.133. The first kappa shape index (κ1) is 7.53. The van der Waals surface area contributed by atoms with E-state index < -0.39 is 5.97 Å². The molecule has 0 bridgehead atoms. The Kier molecular flexibility index (Phi) is 2.06. The number of hydrogen-bond acceptors (Lipinski definition) is 2. The third-order valence-electron chi connectivity index (χ3n) is 1.21. The van der Waals surface area contributed by atoms with E-state index in [1.165, 1.54) is 4.68 Å². The molecule has 0 aromatic carbocycles. The van der Waals surface area contributed by atoms with Crippen LogP contribution in [-0.4, -0.2) is 20.9 Å². The monoisotopic (exact) mass is 152 g/mol. The lowest BCUT2D eigenvalue weighted by Crippen LogP contribution is -2.08. The van der Waals surface area contributed by atoms with Crippen molar-refractivity contribution < 1.29 is 9.90 Å². The first-order valence-electron chi connectivity index (χ1n) is 3.08. The number of carboxylic acids is 1. The lowest BCUT2D eigenvalue weighted by molar-refractivity contribution is -0.132. The summed E-state index contributed by atoms with van der Waals surface area (Å²) >= 11 is 0. The maximum absolute atomic E-state index is 10.3. The van der Waals surface area contributed by atoms with Gasteiger partial charge >= 0.3 is 5.97 Å². The highest BCUT2D eigenvalue weighted by molar-refractivity contribution is 5.85. The van der Waals surface area contributed by atoms with Gasteiger partial charge in [-0.15, -0.1) is 0 Å². The maximum atomic E-state index is 10.3. The van der Waals surface area contributed by atoms with Gasteiger partial charge < -0.3 is 5.11 Å². The lowest BCUT2D eigenvalue weighted by Gasteiger charge is -1.98. The van der Waals surface area contributed by atoms with Gasteiger partial charge in [0.2, 0.25) is 0 Å². The second kappa shape index (κ2) is 3.01. The van der Waals surface area contributed by atoms with Gasteiger partial charge in [0.1, 0.15) is 0 Å². The Balaban J connectivity index is 2.57. The fraction of sp³-hybridized carbons (Fsp3) is 0.143. The standard InChI is InChI=1S/C7H8N2O2/c1-6(7(10)11)5-9-4-2-3-8-9/h2-4H,1,5H2,(H,10,11). The van der Waals surface area contributed by atoms with E-state index in [2.05, 4.69) is 11.7 Å². The minimum atomic E-state index is -0.986. The predicted octanol–water partition coefficient (Wildman–Crippen LogP) is 0.524. The molecule has 0 aliphatic rings. The Bertz CT molecular complexity index is 264. The Morgan fingerprint density at radius 3 is 2.91 bits per heavy atom. The van der Waals surface area contributed by atoms with Crippen molar-refractivity contribution in [1.29, 1.82) is 0 Å². The van der Waals surface area contributed by atoms with Crippen molar-refractivity contribution >= 4 is 5.97 Å². The van der Waals surface area contributed by atoms with Crippen LogP contribution < -0.4 is 0 Å². The van der Waals surface area contributed by atoms with Gasteiger partial charge in [0.15, 0.2) is 0 Å². The number of aliphatic carboxylic acids is 1. The lowest BCUT2D eigenvalue weighted by atomic mass is 10.3. The predicted molar refractivity (Wildman–Crippen MR) is 39.0 cm³/mol. The van der Waals surface area contributed by atoms with E-state index in [1.807, 2.05) is 0 Å². The second-order valence-electron chi connectivity index (χ2n) is 2.11. The number of nitrogens with zero attached hydrogens (tertiary/aromatic N) is 2. The van der Waals surface area contributed by atoms with Gasteiger partial charge in [-0.3, -0.25) is 4.68 Å². The Labute approximate surface area is 63.8 Å². The second-order valence-corrected chi connectivity index (χ2v) is 2.11. The van der Waals surface area contributed by atoms with E-state index in [-0.39, 0.29) is 12.1 Å². The molecule has 0 radical (unpaired) electrons. The molecule has 11 heavy (non-hydrogen) atoms. The van der Waals surface area contributed by atoms with Crippen molar-refractivity contribution in [2.45, 2.75) is 6.54 Å². The number of carbonyl (C=O) groups is 1. The van der Waals surface area contributed by atoms with Crippen LogP contribution >= 0.6 is 0 Å². The van der Waals surface area contributed by atoms with Crippen molar-refractivity contribution in [3.8, 4) is 0 Å². The average molecular weight is 152 g/mol. The van der Waals surface area contributed by atoms with Gasteiger partial charge in [-0.2, -0.15) is 5.10 Å². The van der Waals surface area contributed by atoms with Crippen molar-refractivity contribution in [2.24, 2.45) is 0 Å². The molecule has 0 unspecified atom stereocenters. The Hall–Kier alpha value is -1.58. The molecule has 4 heteroatoms. The van der Waals surface area contributed by atoms with Crippen LogP contribution in [0, 0.1) is 0 Å². The molecule has 0 amide bonds. The molecular formula is C7H8N2O2. The van der Waals surface area contributed by atoms with Crippen molar-refractivity contribution in [3.63, 3.8) is 0 Å². The first-order valence-corrected chi connectivity index (χ1v) is 3.08. The molecule has 1 aromatic rings. The third-order valence-corrected chi connectivity index (χ3v) is 1.21. The molecule has 4 nitrogen and oxygen atoms in total. The van der Waals surface area contributed by atoms with Crippen LogP contribution in [0.4, 0.5) is 0 Å². The molecule has 0 atom stereocenters. The zero-order chi connectivity index (χ0) is 8.27. The first-order chi connectivity index (χ1) is 5.20. The molecule has 1 heterocycles. The average Bonchev–Trinajstić information content (AvgIpc) is 2.39. The number of aromatic nitrogens is 2. The van der Waals surface area contributed by atoms with Gasteiger partial charge in [-0.25, -0.2) is 4.79 Å². The van der Waals surface area contributed by atoms with E-state index in [0.717, 1.165) is 0 Å². The third kappa shape index (κ3) is 1.93. The summed E-state index contributed by atoms with van der Waals surface area (Å²) in [5.74, 6) is -0.986. The van der Waals surface area contributed by atoms with Gasteiger partial charge in [0, 0.05) is 12.4 Å². The quantitative estimate of drug-likeness (QED) is 0.642. The summed E-state index contributed by atoms with van der Waals surface area (Å²) in [7, 11) is 0. The van der Waals surface area contributed by atoms with Crippen LogP contribution in [0.1, 0.15) is 0 Å². The molecule has 0 aliphatic carbocycles. The largest absolute Gasteiger partial charge is 0.478 e. The molecule has 0 fully saturated rings. The van der Waals surface area contributed by atoms with Crippen molar-refractivity contribution in [1.82, 2.24) is 9.78 Å². The Morgan fingerprint density at radius 1 is 1.73 bits per heavy atom. The minimum Gasteiger partial charge on any atom is -0.478 e. The zero-order valence-corrected chi connectivity index (χ0v) is 5.90. The zero-order valence-electron chi connectivity index (χ0n) is 5.90. The highest BCUT2D eigenvalue weighted by atomic mass is 16.4. The van der Waals surface area contributed by atoms with Gasteiger partial charge in [-0.05, 0) is 6.07 Å². The smallest absolute Gasteiger partial charge is 0.332 e. The van der Waals surface area contributed by atoms with E-state index >= 15 is 0 Å². The SMILES string of the molecule is C=C(Cn1cccn1)C(=O)O. The summed E-state index contributed by atoms with van der Waals surface area (Å²) in [6.07, 6.45) is 3.28. The molecule has 58 valence electrons. The summed E-state index contributed by atoms with van der Waals surface area (Å²) in [4.78, 5) is 10.3. The summed E-state index contributed by atoms with van der Waals surface area (Å²) in [6, 6.07) is 1.73.